The summed E-state index contributed by atoms with van der Waals surface area (Å²) in [7, 11) is 0. The van der Waals surface area contributed by atoms with E-state index in [1.807, 2.05) is 0 Å². The van der Waals surface area contributed by atoms with E-state index < -0.39 is 11.5 Å². The molecule has 0 aliphatic heterocycles. The number of carbonyl (C=O) groups excluding carboxylic acids is 2. The lowest BCUT2D eigenvalue weighted by Gasteiger charge is -2.19. The fourth-order valence-electron chi connectivity index (χ4n) is 1.26. The Bertz CT molecular complexity index is 450. The highest BCUT2D eigenvalue weighted by atomic mass is 16.5. The van der Waals surface area contributed by atoms with Gasteiger partial charge >= 0.3 is 5.97 Å². The van der Waals surface area contributed by atoms with Crippen molar-refractivity contribution in [2.24, 2.45) is 5.73 Å². The Hall–Kier alpha value is -1.88. The minimum Gasteiger partial charge on any atom is -0.462 e. The molecule has 0 aromatic heterocycles. The first kappa shape index (κ1) is 14.2. The van der Waals surface area contributed by atoms with Crippen molar-refractivity contribution >= 4 is 17.6 Å². The molecule has 0 spiro atoms. The number of amides is 1. The SMILES string of the molecule is CCOC(=O)c1ccccc1NC(=O)C(C)(C)N. The summed E-state index contributed by atoms with van der Waals surface area (Å²) in [5, 5.41) is 2.63. The van der Waals surface area contributed by atoms with Crippen LogP contribution in [0.25, 0.3) is 0 Å². The average molecular weight is 250 g/mol. The van der Waals surface area contributed by atoms with Gasteiger partial charge in [-0.2, -0.15) is 0 Å². The molecule has 98 valence electrons. The van der Waals surface area contributed by atoms with Crippen LogP contribution in [0.5, 0.6) is 0 Å². The van der Waals surface area contributed by atoms with E-state index in [0.717, 1.165) is 0 Å². The van der Waals surface area contributed by atoms with Crippen LogP contribution in [-0.4, -0.2) is 24.0 Å². The average Bonchev–Trinajstić information content (AvgIpc) is 2.28. The smallest absolute Gasteiger partial charge is 0.340 e. The van der Waals surface area contributed by atoms with Crippen LogP contribution in [0.4, 0.5) is 5.69 Å². The lowest BCUT2D eigenvalue weighted by molar-refractivity contribution is -0.120. The number of nitrogens with one attached hydrogen (secondary N) is 1. The molecule has 5 nitrogen and oxygen atoms in total. The third kappa shape index (κ3) is 3.56. The Labute approximate surface area is 106 Å². The van der Waals surface area contributed by atoms with Gasteiger partial charge in [0.15, 0.2) is 0 Å². The summed E-state index contributed by atoms with van der Waals surface area (Å²) in [5.74, 6) is -0.831. The summed E-state index contributed by atoms with van der Waals surface area (Å²) < 4.78 is 4.91. The van der Waals surface area contributed by atoms with Gasteiger partial charge in [-0.1, -0.05) is 12.1 Å². The molecule has 0 radical (unpaired) electrons. The molecule has 1 rings (SSSR count). The molecule has 3 N–H and O–H groups in total. The molecule has 1 aromatic rings. The molecule has 0 bridgehead atoms. The predicted molar refractivity (Wildman–Crippen MR) is 69.3 cm³/mol. The number of hydrogen-bond donors (Lipinski definition) is 2. The molecule has 0 aliphatic rings. The van der Waals surface area contributed by atoms with E-state index in [4.69, 9.17) is 10.5 Å². The van der Waals surface area contributed by atoms with E-state index >= 15 is 0 Å². The van der Waals surface area contributed by atoms with Crippen molar-refractivity contribution in [1.82, 2.24) is 0 Å². The molecule has 1 aromatic carbocycles. The van der Waals surface area contributed by atoms with Crippen LogP contribution in [0.2, 0.25) is 0 Å². The summed E-state index contributed by atoms with van der Waals surface area (Å²) in [5.41, 5.74) is 5.39. The zero-order valence-corrected chi connectivity index (χ0v) is 10.8. The maximum absolute atomic E-state index is 11.8. The Morgan fingerprint density at radius 2 is 1.94 bits per heavy atom. The van der Waals surface area contributed by atoms with Gasteiger partial charge < -0.3 is 15.8 Å². The third-order valence-corrected chi connectivity index (χ3v) is 2.26. The minimum absolute atomic E-state index is 0.281. The van der Waals surface area contributed by atoms with Gasteiger partial charge in [0.05, 0.1) is 23.4 Å². The van der Waals surface area contributed by atoms with Crippen molar-refractivity contribution in [3.63, 3.8) is 0 Å². The highest BCUT2D eigenvalue weighted by Gasteiger charge is 2.23. The maximum Gasteiger partial charge on any atom is 0.340 e. The number of nitrogens with two attached hydrogens (primary N) is 1. The molecule has 5 heteroatoms. The molecule has 0 fully saturated rings. The number of ether oxygens (including phenoxy) is 1. The summed E-state index contributed by atoms with van der Waals surface area (Å²) in [6, 6.07) is 6.66. The number of carbonyl (C=O) groups is 2. The lowest BCUT2D eigenvalue weighted by atomic mass is 10.1. The zero-order valence-electron chi connectivity index (χ0n) is 10.8. The first-order valence-electron chi connectivity index (χ1n) is 5.72. The van der Waals surface area contributed by atoms with Gasteiger partial charge in [-0.15, -0.1) is 0 Å². The number of para-hydroxylation sites is 1. The molecule has 0 aliphatic carbocycles. The van der Waals surface area contributed by atoms with Crippen molar-refractivity contribution < 1.29 is 14.3 Å². The second-order valence-electron chi connectivity index (χ2n) is 4.44. The molecule has 0 saturated carbocycles. The molecule has 18 heavy (non-hydrogen) atoms. The Kier molecular flexibility index (Phi) is 4.44. The predicted octanol–water partition coefficient (Wildman–Crippen LogP) is 1.54. The molecular weight excluding hydrogens is 232 g/mol. The van der Waals surface area contributed by atoms with E-state index in [1.165, 1.54) is 0 Å². The second-order valence-corrected chi connectivity index (χ2v) is 4.44. The summed E-state index contributed by atoms with van der Waals surface area (Å²) in [6.07, 6.45) is 0. The van der Waals surface area contributed by atoms with Crippen LogP contribution in [0, 0.1) is 0 Å². The van der Waals surface area contributed by atoms with Crippen molar-refractivity contribution in [2.75, 3.05) is 11.9 Å². The van der Waals surface area contributed by atoms with Crippen molar-refractivity contribution in [3.8, 4) is 0 Å². The standard InChI is InChI=1S/C13H18N2O3/c1-4-18-11(16)9-7-5-6-8-10(9)15-12(17)13(2,3)14/h5-8H,4,14H2,1-3H3,(H,15,17). The van der Waals surface area contributed by atoms with Crippen LogP contribution in [0.1, 0.15) is 31.1 Å². The van der Waals surface area contributed by atoms with Crippen molar-refractivity contribution in [3.05, 3.63) is 29.8 Å². The van der Waals surface area contributed by atoms with Gasteiger partial charge in [0.25, 0.3) is 0 Å². The zero-order chi connectivity index (χ0) is 13.8. The van der Waals surface area contributed by atoms with Crippen LogP contribution in [0.15, 0.2) is 24.3 Å². The largest absolute Gasteiger partial charge is 0.462 e. The highest BCUT2D eigenvalue weighted by Crippen LogP contribution is 2.17. The fraction of sp³-hybridized carbons (Fsp3) is 0.385. The third-order valence-electron chi connectivity index (χ3n) is 2.26. The fourth-order valence-corrected chi connectivity index (χ4v) is 1.26. The lowest BCUT2D eigenvalue weighted by Crippen LogP contribution is -2.45. The van der Waals surface area contributed by atoms with Gasteiger partial charge in [-0.3, -0.25) is 4.79 Å². The van der Waals surface area contributed by atoms with Crippen LogP contribution in [-0.2, 0) is 9.53 Å². The number of anilines is 1. The maximum atomic E-state index is 11.8. The normalized spacial score (nSPS) is 10.9. The topological polar surface area (TPSA) is 81.4 Å². The van der Waals surface area contributed by atoms with Crippen molar-refractivity contribution in [2.45, 2.75) is 26.3 Å². The highest BCUT2D eigenvalue weighted by molar-refractivity contribution is 6.03. The van der Waals surface area contributed by atoms with E-state index in [-0.39, 0.29) is 12.5 Å². The Morgan fingerprint density at radius 3 is 2.50 bits per heavy atom. The van der Waals surface area contributed by atoms with Crippen LogP contribution in [0.3, 0.4) is 0 Å². The summed E-state index contributed by atoms with van der Waals surface area (Å²) in [4.78, 5) is 23.5. The first-order chi connectivity index (χ1) is 8.36. The van der Waals surface area contributed by atoms with E-state index in [2.05, 4.69) is 5.32 Å². The minimum atomic E-state index is -1.01. The molecule has 0 saturated heterocycles. The monoisotopic (exact) mass is 250 g/mol. The van der Waals surface area contributed by atoms with E-state index in [9.17, 15) is 9.59 Å². The van der Waals surface area contributed by atoms with Crippen molar-refractivity contribution in [1.29, 1.82) is 0 Å². The van der Waals surface area contributed by atoms with Gasteiger partial charge in [0, 0.05) is 0 Å². The van der Waals surface area contributed by atoms with Gasteiger partial charge in [-0.05, 0) is 32.9 Å². The number of esters is 1. The Balaban J connectivity index is 2.96. The molecular formula is C13H18N2O3. The molecule has 0 heterocycles. The quantitative estimate of drug-likeness (QED) is 0.794. The van der Waals surface area contributed by atoms with E-state index in [1.54, 1.807) is 45.0 Å². The first-order valence-corrected chi connectivity index (χ1v) is 5.72. The summed E-state index contributed by atoms with van der Waals surface area (Å²) >= 11 is 0. The number of rotatable bonds is 4. The van der Waals surface area contributed by atoms with Gasteiger partial charge in [0.2, 0.25) is 5.91 Å². The molecule has 0 atom stereocenters. The summed E-state index contributed by atoms with van der Waals surface area (Å²) in [6.45, 7) is 5.19. The van der Waals surface area contributed by atoms with Crippen LogP contribution < -0.4 is 11.1 Å². The number of benzene rings is 1. The molecule has 1 amide bonds. The Morgan fingerprint density at radius 1 is 1.33 bits per heavy atom. The molecule has 0 unspecified atom stereocenters. The van der Waals surface area contributed by atoms with Gasteiger partial charge in [0.1, 0.15) is 0 Å². The van der Waals surface area contributed by atoms with E-state index in [0.29, 0.717) is 11.3 Å². The second kappa shape index (κ2) is 5.64. The van der Waals surface area contributed by atoms with Gasteiger partial charge in [-0.25, -0.2) is 4.79 Å². The number of hydrogen-bond acceptors (Lipinski definition) is 4. The van der Waals surface area contributed by atoms with Crippen LogP contribution >= 0.6 is 0 Å².